The summed E-state index contributed by atoms with van der Waals surface area (Å²) in [4.78, 5) is 28.6. The summed E-state index contributed by atoms with van der Waals surface area (Å²) < 4.78 is 0. The molecule has 0 aliphatic heterocycles. The Morgan fingerprint density at radius 3 is 2.36 bits per heavy atom. The van der Waals surface area contributed by atoms with Crippen molar-refractivity contribution in [1.82, 2.24) is 10.2 Å². The van der Waals surface area contributed by atoms with Crippen LogP contribution in [0.4, 0.5) is 0 Å². The number of thioether (sulfide) groups is 1. The maximum Gasteiger partial charge on any atom is 0.242 e. The van der Waals surface area contributed by atoms with Crippen LogP contribution in [0.3, 0.4) is 0 Å². The molecule has 0 aliphatic rings. The number of hydrogen-bond donors (Lipinski definition) is 1. The van der Waals surface area contributed by atoms with Gasteiger partial charge in [-0.3, -0.25) is 9.59 Å². The molecule has 0 spiro atoms. The average molecular weight is 399 g/mol. The first-order valence-electron chi connectivity index (χ1n) is 9.86. The van der Waals surface area contributed by atoms with Gasteiger partial charge >= 0.3 is 0 Å². The van der Waals surface area contributed by atoms with Gasteiger partial charge in [0.05, 0.1) is 5.75 Å². The van der Waals surface area contributed by atoms with E-state index in [1.165, 1.54) is 11.8 Å². The Morgan fingerprint density at radius 2 is 1.71 bits per heavy atom. The molecule has 0 fully saturated rings. The summed E-state index contributed by atoms with van der Waals surface area (Å²) in [5, 5.41) is 2.95. The molecule has 0 saturated heterocycles. The van der Waals surface area contributed by atoms with E-state index >= 15 is 0 Å². The summed E-state index contributed by atoms with van der Waals surface area (Å²) in [6.45, 7) is 7.08. The van der Waals surface area contributed by atoms with Crippen molar-refractivity contribution in [3.63, 3.8) is 0 Å². The van der Waals surface area contributed by atoms with Crippen LogP contribution in [0.15, 0.2) is 59.5 Å². The summed E-state index contributed by atoms with van der Waals surface area (Å²) in [6, 6.07) is 17.4. The fraction of sp³-hybridized carbons (Fsp3) is 0.391. The molecule has 0 saturated carbocycles. The predicted molar refractivity (Wildman–Crippen MR) is 116 cm³/mol. The van der Waals surface area contributed by atoms with E-state index in [1.807, 2.05) is 75.4 Å². The van der Waals surface area contributed by atoms with Gasteiger partial charge in [0.15, 0.2) is 0 Å². The third kappa shape index (κ3) is 6.41. The second-order valence-corrected chi connectivity index (χ2v) is 7.81. The molecule has 150 valence electrons. The van der Waals surface area contributed by atoms with Gasteiger partial charge in [0.2, 0.25) is 11.8 Å². The first-order chi connectivity index (χ1) is 13.6. The molecule has 1 N–H and O–H groups in total. The molecule has 1 atom stereocenters. The maximum atomic E-state index is 13.1. The van der Waals surface area contributed by atoms with Crippen LogP contribution in [0.2, 0.25) is 0 Å². The van der Waals surface area contributed by atoms with Crippen LogP contribution in [0.25, 0.3) is 0 Å². The summed E-state index contributed by atoms with van der Waals surface area (Å²) in [6.07, 6.45) is 1.46. The number of carbonyl (C=O) groups is 2. The second kappa shape index (κ2) is 11.5. The third-order valence-corrected chi connectivity index (χ3v) is 5.64. The summed E-state index contributed by atoms with van der Waals surface area (Å²) in [7, 11) is 0. The molecule has 1 unspecified atom stereocenters. The smallest absolute Gasteiger partial charge is 0.242 e. The molecule has 0 radical (unpaired) electrons. The molecule has 2 aromatic rings. The van der Waals surface area contributed by atoms with Gasteiger partial charge in [0.1, 0.15) is 6.04 Å². The zero-order valence-electron chi connectivity index (χ0n) is 17.0. The first-order valence-corrected chi connectivity index (χ1v) is 10.8. The number of benzene rings is 2. The summed E-state index contributed by atoms with van der Waals surface area (Å²) in [5.41, 5.74) is 2.20. The van der Waals surface area contributed by atoms with Crippen molar-refractivity contribution < 1.29 is 9.59 Å². The van der Waals surface area contributed by atoms with Gasteiger partial charge in [-0.2, -0.15) is 0 Å². The molecular formula is C23H30N2O2S. The Hall–Kier alpha value is -2.27. The highest BCUT2D eigenvalue weighted by molar-refractivity contribution is 8.00. The van der Waals surface area contributed by atoms with E-state index in [1.54, 1.807) is 4.90 Å². The van der Waals surface area contributed by atoms with Crippen LogP contribution in [0, 0.1) is 6.92 Å². The zero-order chi connectivity index (χ0) is 20.4. The molecule has 4 nitrogen and oxygen atoms in total. The summed E-state index contributed by atoms with van der Waals surface area (Å²) in [5.74, 6) is 0.222. The van der Waals surface area contributed by atoms with Crippen molar-refractivity contribution in [2.75, 3.05) is 12.3 Å². The second-order valence-electron chi connectivity index (χ2n) is 6.76. The lowest BCUT2D eigenvalue weighted by Crippen LogP contribution is -2.49. The Labute approximate surface area is 172 Å². The van der Waals surface area contributed by atoms with Crippen molar-refractivity contribution >= 4 is 23.6 Å². The van der Waals surface area contributed by atoms with Crippen molar-refractivity contribution in [2.45, 2.75) is 51.1 Å². The molecule has 5 heteroatoms. The predicted octanol–water partition coefficient (Wildman–Crippen LogP) is 4.42. The Balaban J connectivity index is 2.19. The highest BCUT2D eigenvalue weighted by atomic mass is 32.2. The normalized spacial score (nSPS) is 11.7. The molecule has 0 bridgehead atoms. The topological polar surface area (TPSA) is 49.4 Å². The minimum atomic E-state index is -0.463. The molecule has 0 aliphatic carbocycles. The fourth-order valence-corrected chi connectivity index (χ4v) is 3.81. The number of amides is 2. The van der Waals surface area contributed by atoms with Gasteiger partial charge in [-0.05, 0) is 43.0 Å². The van der Waals surface area contributed by atoms with Crippen LogP contribution < -0.4 is 5.32 Å². The molecule has 0 aromatic heterocycles. The molecule has 28 heavy (non-hydrogen) atoms. The number of carbonyl (C=O) groups excluding carboxylic acids is 2. The van der Waals surface area contributed by atoms with Crippen molar-refractivity contribution in [3.8, 4) is 0 Å². The van der Waals surface area contributed by atoms with Gasteiger partial charge in [0, 0.05) is 18.0 Å². The van der Waals surface area contributed by atoms with E-state index in [-0.39, 0.29) is 11.8 Å². The van der Waals surface area contributed by atoms with E-state index in [2.05, 4.69) is 5.32 Å². The Bertz CT molecular complexity index is 764. The molecule has 0 heterocycles. The van der Waals surface area contributed by atoms with Crippen LogP contribution in [0.1, 0.15) is 37.8 Å². The first kappa shape index (κ1) is 22.0. The zero-order valence-corrected chi connectivity index (χ0v) is 17.8. The van der Waals surface area contributed by atoms with E-state index in [4.69, 9.17) is 0 Å². The average Bonchev–Trinajstić information content (AvgIpc) is 2.72. The van der Waals surface area contributed by atoms with Crippen LogP contribution in [-0.2, 0) is 16.1 Å². The van der Waals surface area contributed by atoms with Gasteiger partial charge in [0.25, 0.3) is 0 Å². The lowest BCUT2D eigenvalue weighted by atomic mass is 10.1. The third-order valence-electron chi connectivity index (χ3n) is 4.64. The maximum absolute atomic E-state index is 13.1. The molecule has 2 amide bonds. The highest BCUT2D eigenvalue weighted by Crippen LogP contribution is 2.21. The molecule has 2 aromatic carbocycles. The fourth-order valence-electron chi connectivity index (χ4n) is 3.00. The quantitative estimate of drug-likeness (QED) is 0.603. The summed E-state index contributed by atoms with van der Waals surface area (Å²) >= 11 is 1.51. The number of nitrogens with zero attached hydrogens (tertiary/aromatic N) is 1. The van der Waals surface area contributed by atoms with E-state index in [0.717, 1.165) is 22.4 Å². The van der Waals surface area contributed by atoms with Gasteiger partial charge < -0.3 is 10.2 Å². The number of nitrogens with one attached hydrogen (secondary N) is 1. The number of hydrogen-bond acceptors (Lipinski definition) is 3. The lowest BCUT2D eigenvalue weighted by Gasteiger charge is -2.31. The van der Waals surface area contributed by atoms with E-state index in [9.17, 15) is 9.59 Å². The van der Waals surface area contributed by atoms with E-state index < -0.39 is 6.04 Å². The number of aryl methyl sites for hydroxylation is 1. The van der Waals surface area contributed by atoms with Gasteiger partial charge in [-0.25, -0.2) is 0 Å². The van der Waals surface area contributed by atoms with E-state index in [0.29, 0.717) is 25.3 Å². The highest BCUT2D eigenvalue weighted by Gasteiger charge is 2.28. The Morgan fingerprint density at radius 1 is 1.04 bits per heavy atom. The minimum absolute atomic E-state index is 0.0180. The van der Waals surface area contributed by atoms with Crippen molar-refractivity contribution in [2.24, 2.45) is 0 Å². The van der Waals surface area contributed by atoms with Crippen molar-refractivity contribution in [3.05, 3.63) is 65.7 Å². The Kier molecular flexibility index (Phi) is 9.08. The van der Waals surface area contributed by atoms with Crippen LogP contribution in [-0.4, -0.2) is 35.1 Å². The lowest BCUT2D eigenvalue weighted by molar-refractivity contribution is -0.139. The monoisotopic (exact) mass is 398 g/mol. The SMILES string of the molecule is CCCNC(=O)C(CC)N(Cc1ccccc1C)C(=O)CSc1ccccc1. The van der Waals surface area contributed by atoms with Crippen LogP contribution in [0.5, 0.6) is 0 Å². The number of rotatable bonds is 10. The van der Waals surface area contributed by atoms with Crippen LogP contribution >= 0.6 is 11.8 Å². The standard InChI is InChI=1S/C23H30N2O2S/c1-4-15-24-23(27)21(5-2)25(16-19-12-10-9-11-18(19)3)22(26)17-28-20-13-7-6-8-14-20/h6-14,21H,4-5,15-17H2,1-3H3,(H,24,27). The largest absolute Gasteiger partial charge is 0.354 e. The molecule has 2 rings (SSSR count). The van der Waals surface area contributed by atoms with Gasteiger partial charge in [-0.1, -0.05) is 56.3 Å². The minimum Gasteiger partial charge on any atom is -0.354 e. The molecular weight excluding hydrogens is 368 g/mol. The van der Waals surface area contributed by atoms with Crippen molar-refractivity contribution in [1.29, 1.82) is 0 Å². The van der Waals surface area contributed by atoms with Gasteiger partial charge in [-0.15, -0.1) is 11.8 Å².